The normalized spacial score (nSPS) is 21.9. The number of hydrogen-bond acceptors (Lipinski definition) is 5. The van der Waals surface area contributed by atoms with Crippen molar-refractivity contribution < 1.29 is 14.3 Å². The summed E-state index contributed by atoms with van der Waals surface area (Å²) in [6, 6.07) is 5.80. The van der Waals surface area contributed by atoms with Gasteiger partial charge in [0.05, 0.1) is 6.61 Å². The van der Waals surface area contributed by atoms with E-state index in [1.165, 1.54) is 0 Å². The molecular formula is C20H30N4O3S. The minimum absolute atomic E-state index is 0.0135. The van der Waals surface area contributed by atoms with Crippen LogP contribution in [0.3, 0.4) is 0 Å². The van der Waals surface area contributed by atoms with Crippen molar-refractivity contribution in [2.75, 3.05) is 25.0 Å². The number of carbonyl (C=O) groups is 1. The lowest BCUT2D eigenvalue weighted by atomic mass is 10.0. The van der Waals surface area contributed by atoms with Gasteiger partial charge in [0.2, 0.25) is 0 Å². The first-order valence-corrected chi connectivity index (χ1v) is 10.2. The lowest BCUT2D eigenvalue weighted by Gasteiger charge is -2.26. The minimum atomic E-state index is -0.506. The van der Waals surface area contributed by atoms with Crippen LogP contribution >= 0.6 is 12.2 Å². The Morgan fingerprint density at radius 3 is 2.82 bits per heavy atom. The van der Waals surface area contributed by atoms with E-state index in [9.17, 15) is 4.79 Å². The van der Waals surface area contributed by atoms with Gasteiger partial charge in [-0.25, -0.2) is 4.79 Å². The van der Waals surface area contributed by atoms with Gasteiger partial charge in [-0.2, -0.15) is 0 Å². The van der Waals surface area contributed by atoms with Gasteiger partial charge < -0.3 is 30.7 Å². The molecule has 0 radical (unpaired) electrons. The van der Waals surface area contributed by atoms with E-state index in [0.717, 1.165) is 23.4 Å². The zero-order valence-corrected chi connectivity index (χ0v) is 17.6. The second-order valence-corrected chi connectivity index (χ2v) is 8.70. The molecule has 0 aliphatic carbocycles. The average molecular weight is 407 g/mol. The summed E-state index contributed by atoms with van der Waals surface area (Å²) < 4.78 is 11.1. The van der Waals surface area contributed by atoms with Gasteiger partial charge in [0.25, 0.3) is 0 Å². The van der Waals surface area contributed by atoms with Crippen LogP contribution in [0.2, 0.25) is 0 Å². The van der Waals surface area contributed by atoms with Crippen molar-refractivity contribution in [3.05, 3.63) is 23.8 Å². The molecule has 2 atom stereocenters. The standard InChI is InChI=1S/C20H30N4O3S/c1-20(2,3)27-19(25)24-10-7-14(21)16(8-11-24)23-18(28)22-15-5-4-6-17-13(15)9-12-26-17/h4-6,14,16H,7-12,21H2,1-3H3,(H2,22,23,28)/t14-,16+/m1/s1. The third kappa shape index (κ3) is 5.26. The number of benzene rings is 1. The Kier molecular flexibility index (Phi) is 6.30. The highest BCUT2D eigenvalue weighted by molar-refractivity contribution is 7.80. The summed E-state index contributed by atoms with van der Waals surface area (Å²) >= 11 is 5.51. The SMILES string of the molecule is CC(C)(C)OC(=O)N1CC[C@@H](N)[C@@H](NC(=S)Nc2cccc3c2CCO3)CC1. The van der Waals surface area contributed by atoms with E-state index < -0.39 is 5.60 Å². The molecule has 7 nitrogen and oxygen atoms in total. The number of hydrogen-bond donors (Lipinski definition) is 3. The molecule has 28 heavy (non-hydrogen) atoms. The number of fused-ring (bicyclic) bond motifs is 1. The third-order valence-corrected chi connectivity index (χ3v) is 5.14. The number of nitrogens with two attached hydrogens (primary N) is 1. The second-order valence-electron chi connectivity index (χ2n) is 8.29. The molecule has 0 saturated carbocycles. The number of carbonyl (C=O) groups excluding carboxylic acids is 1. The van der Waals surface area contributed by atoms with Gasteiger partial charge in [-0.1, -0.05) is 6.07 Å². The second kappa shape index (κ2) is 8.53. The first kappa shape index (κ1) is 20.7. The van der Waals surface area contributed by atoms with E-state index in [-0.39, 0.29) is 18.2 Å². The molecule has 0 unspecified atom stereocenters. The van der Waals surface area contributed by atoms with Crippen LogP contribution in [0.5, 0.6) is 5.75 Å². The Bertz CT molecular complexity index is 735. The molecule has 1 saturated heterocycles. The van der Waals surface area contributed by atoms with Crippen LogP contribution in [-0.2, 0) is 11.2 Å². The molecule has 1 aromatic rings. The van der Waals surface area contributed by atoms with Crippen molar-refractivity contribution in [1.82, 2.24) is 10.2 Å². The van der Waals surface area contributed by atoms with Gasteiger partial charge >= 0.3 is 6.09 Å². The van der Waals surface area contributed by atoms with Crippen LogP contribution in [0.15, 0.2) is 18.2 Å². The summed E-state index contributed by atoms with van der Waals surface area (Å²) in [6.45, 7) is 7.47. The first-order chi connectivity index (χ1) is 13.2. The third-order valence-electron chi connectivity index (χ3n) is 4.92. The summed E-state index contributed by atoms with van der Waals surface area (Å²) in [5.74, 6) is 0.909. The monoisotopic (exact) mass is 406 g/mol. The van der Waals surface area contributed by atoms with Gasteiger partial charge in [-0.05, 0) is 58.0 Å². The predicted octanol–water partition coefficient (Wildman–Crippen LogP) is 2.63. The van der Waals surface area contributed by atoms with E-state index in [0.29, 0.717) is 37.7 Å². The van der Waals surface area contributed by atoms with Gasteiger partial charge in [0.15, 0.2) is 5.11 Å². The average Bonchev–Trinajstić information content (AvgIpc) is 3.01. The lowest BCUT2D eigenvalue weighted by molar-refractivity contribution is 0.0256. The molecular weight excluding hydrogens is 376 g/mol. The molecule has 3 rings (SSSR count). The molecule has 2 aliphatic rings. The van der Waals surface area contributed by atoms with Crippen molar-refractivity contribution in [3.8, 4) is 5.75 Å². The molecule has 4 N–H and O–H groups in total. The summed E-state index contributed by atoms with van der Waals surface area (Å²) in [6.07, 6.45) is 1.97. The summed E-state index contributed by atoms with van der Waals surface area (Å²) in [7, 11) is 0. The van der Waals surface area contributed by atoms with E-state index in [1.807, 2.05) is 39.0 Å². The maximum atomic E-state index is 12.3. The summed E-state index contributed by atoms with van der Waals surface area (Å²) in [4.78, 5) is 14.1. The largest absolute Gasteiger partial charge is 0.493 e. The molecule has 1 amide bonds. The van der Waals surface area contributed by atoms with Gasteiger partial charge in [-0.3, -0.25) is 0 Å². The molecule has 0 bridgehead atoms. The summed E-state index contributed by atoms with van der Waals surface area (Å²) in [5, 5.41) is 7.14. The Morgan fingerprint density at radius 1 is 1.32 bits per heavy atom. The quantitative estimate of drug-likeness (QED) is 0.651. The maximum Gasteiger partial charge on any atom is 0.410 e. The highest BCUT2D eigenvalue weighted by atomic mass is 32.1. The van der Waals surface area contributed by atoms with Crippen molar-refractivity contribution in [2.45, 2.75) is 57.7 Å². The van der Waals surface area contributed by atoms with Crippen molar-refractivity contribution in [1.29, 1.82) is 0 Å². The number of ether oxygens (including phenoxy) is 2. The van der Waals surface area contributed by atoms with Crippen molar-refractivity contribution >= 4 is 29.1 Å². The first-order valence-electron chi connectivity index (χ1n) is 9.78. The Balaban J connectivity index is 1.56. The molecule has 2 heterocycles. The Hall–Kier alpha value is -2.06. The zero-order chi connectivity index (χ0) is 20.3. The molecule has 1 fully saturated rings. The van der Waals surface area contributed by atoms with E-state index in [4.69, 9.17) is 27.4 Å². The van der Waals surface area contributed by atoms with Crippen LogP contribution < -0.4 is 21.1 Å². The molecule has 8 heteroatoms. The van der Waals surface area contributed by atoms with Gasteiger partial charge in [-0.15, -0.1) is 0 Å². The van der Waals surface area contributed by atoms with Gasteiger partial charge in [0, 0.05) is 42.8 Å². The fourth-order valence-electron chi connectivity index (χ4n) is 3.48. The Labute approximate surface area is 171 Å². The van der Waals surface area contributed by atoms with Crippen LogP contribution in [0, 0.1) is 0 Å². The highest BCUT2D eigenvalue weighted by Gasteiger charge is 2.29. The molecule has 0 spiro atoms. The topological polar surface area (TPSA) is 88.9 Å². The highest BCUT2D eigenvalue weighted by Crippen LogP contribution is 2.31. The fourth-order valence-corrected chi connectivity index (χ4v) is 3.74. The Morgan fingerprint density at radius 2 is 2.07 bits per heavy atom. The van der Waals surface area contributed by atoms with Crippen LogP contribution in [-0.4, -0.2) is 53.5 Å². The van der Waals surface area contributed by atoms with Crippen molar-refractivity contribution in [2.24, 2.45) is 5.73 Å². The number of likely N-dealkylation sites (tertiary alicyclic amines) is 1. The van der Waals surface area contributed by atoms with Gasteiger partial charge in [0.1, 0.15) is 11.4 Å². The number of thiocarbonyl (C=S) groups is 1. The number of anilines is 1. The molecule has 1 aromatic carbocycles. The number of nitrogens with zero attached hydrogens (tertiary/aromatic N) is 1. The molecule has 2 aliphatic heterocycles. The lowest BCUT2D eigenvalue weighted by Crippen LogP contribution is -2.48. The van der Waals surface area contributed by atoms with Crippen LogP contribution in [0.4, 0.5) is 10.5 Å². The fraction of sp³-hybridized carbons (Fsp3) is 0.600. The minimum Gasteiger partial charge on any atom is -0.493 e. The van der Waals surface area contributed by atoms with Crippen molar-refractivity contribution in [3.63, 3.8) is 0 Å². The van der Waals surface area contributed by atoms with E-state index >= 15 is 0 Å². The smallest absolute Gasteiger partial charge is 0.410 e. The number of nitrogens with one attached hydrogen (secondary N) is 2. The zero-order valence-electron chi connectivity index (χ0n) is 16.8. The molecule has 154 valence electrons. The maximum absolute atomic E-state index is 12.3. The van der Waals surface area contributed by atoms with Crippen LogP contribution in [0.1, 0.15) is 39.2 Å². The number of rotatable bonds is 2. The molecule has 0 aromatic heterocycles. The number of amides is 1. The predicted molar refractivity (Wildman–Crippen MR) is 114 cm³/mol. The van der Waals surface area contributed by atoms with E-state index in [2.05, 4.69) is 10.6 Å². The van der Waals surface area contributed by atoms with E-state index in [1.54, 1.807) is 4.90 Å². The summed E-state index contributed by atoms with van der Waals surface area (Å²) in [5.41, 5.74) is 7.96. The van der Waals surface area contributed by atoms with Crippen LogP contribution in [0.25, 0.3) is 0 Å².